The highest BCUT2D eigenvalue weighted by atomic mass is 35.5. The van der Waals surface area contributed by atoms with Crippen molar-refractivity contribution >= 4 is 44.8 Å². The van der Waals surface area contributed by atoms with Crippen LogP contribution in [-0.4, -0.2) is 43.7 Å². The van der Waals surface area contributed by atoms with Crippen molar-refractivity contribution in [1.82, 2.24) is 4.31 Å². The van der Waals surface area contributed by atoms with E-state index >= 15 is 0 Å². The van der Waals surface area contributed by atoms with Crippen molar-refractivity contribution < 1.29 is 22.7 Å². The van der Waals surface area contributed by atoms with Gasteiger partial charge >= 0.3 is 0 Å². The van der Waals surface area contributed by atoms with Gasteiger partial charge in [-0.3, -0.25) is 9.59 Å². The highest BCUT2D eigenvalue weighted by Gasteiger charge is 2.35. The molecule has 32 heavy (non-hydrogen) atoms. The maximum absolute atomic E-state index is 13.4. The van der Waals surface area contributed by atoms with Crippen molar-refractivity contribution in [3.05, 3.63) is 47.0 Å². The van der Waals surface area contributed by atoms with Crippen LogP contribution in [0.3, 0.4) is 0 Å². The largest absolute Gasteiger partial charge is 0.479 e. The van der Waals surface area contributed by atoms with Gasteiger partial charge in [0.2, 0.25) is 15.9 Å². The number of hydrogen-bond donors (Lipinski definition) is 2. The van der Waals surface area contributed by atoms with E-state index in [-0.39, 0.29) is 23.3 Å². The van der Waals surface area contributed by atoms with Crippen LogP contribution >= 0.6 is 11.6 Å². The molecule has 10 heteroatoms. The second kappa shape index (κ2) is 8.73. The quantitative estimate of drug-likeness (QED) is 0.702. The Morgan fingerprint density at radius 3 is 2.81 bits per heavy atom. The third-order valence-electron chi connectivity index (χ3n) is 5.67. The monoisotopic (exact) mass is 477 g/mol. The van der Waals surface area contributed by atoms with Crippen LogP contribution in [0, 0.1) is 12.8 Å². The SMILES string of the molecule is Cc1cc2c(cc1S(=O)(=O)N1CCCC(C(=O)Nc3cccc(Cl)c3)C1)OC(C)C(=O)N2. The van der Waals surface area contributed by atoms with Crippen LogP contribution in [0.5, 0.6) is 5.75 Å². The zero-order valence-corrected chi connectivity index (χ0v) is 19.3. The third-order valence-corrected chi connectivity index (χ3v) is 7.92. The van der Waals surface area contributed by atoms with E-state index in [4.69, 9.17) is 16.3 Å². The van der Waals surface area contributed by atoms with Crippen molar-refractivity contribution in [3.63, 3.8) is 0 Å². The summed E-state index contributed by atoms with van der Waals surface area (Å²) < 4.78 is 33.8. The second-order valence-corrected chi connectivity index (χ2v) is 10.4. The number of nitrogens with zero attached hydrogens (tertiary/aromatic N) is 1. The molecular weight excluding hydrogens is 454 g/mol. The normalized spacial score (nSPS) is 21.3. The van der Waals surface area contributed by atoms with Gasteiger partial charge in [-0.1, -0.05) is 17.7 Å². The molecule has 2 aliphatic heterocycles. The van der Waals surface area contributed by atoms with E-state index in [0.29, 0.717) is 47.1 Å². The molecule has 0 aromatic heterocycles. The summed E-state index contributed by atoms with van der Waals surface area (Å²) in [6.45, 7) is 3.68. The number of nitrogens with one attached hydrogen (secondary N) is 2. The molecule has 4 rings (SSSR count). The molecule has 2 unspecified atom stereocenters. The topological polar surface area (TPSA) is 105 Å². The van der Waals surface area contributed by atoms with Gasteiger partial charge in [-0.2, -0.15) is 4.31 Å². The maximum Gasteiger partial charge on any atom is 0.265 e. The van der Waals surface area contributed by atoms with Crippen LogP contribution in [0.15, 0.2) is 41.3 Å². The molecule has 0 aliphatic carbocycles. The van der Waals surface area contributed by atoms with E-state index in [9.17, 15) is 18.0 Å². The highest BCUT2D eigenvalue weighted by Crippen LogP contribution is 2.36. The fraction of sp³-hybridized carbons (Fsp3) is 0.364. The molecule has 2 atom stereocenters. The number of hydrogen-bond acceptors (Lipinski definition) is 5. The Morgan fingerprint density at radius 1 is 1.28 bits per heavy atom. The molecule has 2 aromatic carbocycles. The number of halogens is 1. The van der Waals surface area contributed by atoms with Gasteiger partial charge in [0.15, 0.2) is 6.10 Å². The smallest absolute Gasteiger partial charge is 0.265 e. The van der Waals surface area contributed by atoms with Crippen molar-refractivity contribution in [2.24, 2.45) is 5.92 Å². The Labute approximate surface area is 191 Å². The van der Waals surface area contributed by atoms with E-state index in [1.54, 1.807) is 44.2 Å². The van der Waals surface area contributed by atoms with Gasteiger partial charge in [-0.15, -0.1) is 0 Å². The number of piperidine rings is 1. The molecule has 0 saturated carbocycles. The van der Waals surface area contributed by atoms with Gasteiger partial charge in [0.05, 0.1) is 16.5 Å². The van der Waals surface area contributed by atoms with Crippen LogP contribution in [0.1, 0.15) is 25.3 Å². The fourth-order valence-electron chi connectivity index (χ4n) is 3.95. The highest BCUT2D eigenvalue weighted by molar-refractivity contribution is 7.89. The molecule has 170 valence electrons. The number of amides is 2. The van der Waals surface area contributed by atoms with Crippen molar-refractivity contribution in [1.29, 1.82) is 0 Å². The van der Waals surface area contributed by atoms with Crippen LogP contribution in [0.4, 0.5) is 11.4 Å². The number of fused-ring (bicyclic) bond motifs is 1. The van der Waals surface area contributed by atoms with E-state index < -0.39 is 22.0 Å². The molecule has 0 radical (unpaired) electrons. The van der Waals surface area contributed by atoms with E-state index in [0.717, 1.165) is 0 Å². The Hall–Kier alpha value is -2.62. The lowest BCUT2D eigenvalue weighted by Crippen LogP contribution is -2.44. The van der Waals surface area contributed by atoms with Gasteiger partial charge in [0, 0.05) is 29.9 Å². The van der Waals surface area contributed by atoms with E-state index in [1.807, 2.05) is 0 Å². The van der Waals surface area contributed by atoms with Gasteiger partial charge in [-0.05, 0) is 56.5 Å². The van der Waals surface area contributed by atoms with Gasteiger partial charge in [0.25, 0.3) is 5.91 Å². The summed E-state index contributed by atoms with van der Waals surface area (Å²) in [5.74, 6) is -0.689. The summed E-state index contributed by atoms with van der Waals surface area (Å²) in [5.41, 5.74) is 1.51. The molecular formula is C22H24ClN3O5S. The molecule has 2 aromatic rings. The van der Waals surface area contributed by atoms with E-state index in [2.05, 4.69) is 10.6 Å². The number of benzene rings is 2. The molecule has 0 bridgehead atoms. The van der Waals surface area contributed by atoms with Crippen LogP contribution in [0.2, 0.25) is 5.02 Å². The first-order valence-corrected chi connectivity index (χ1v) is 12.2. The Morgan fingerprint density at radius 2 is 2.06 bits per heavy atom. The summed E-state index contributed by atoms with van der Waals surface area (Å²) in [6.07, 6.45) is 0.449. The first-order valence-electron chi connectivity index (χ1n) is 10.3. The van der Waals surface area contributed by atoms with Gasteiger partial charge < -0.3 is 15.4 Å². The molecule has 2 aliphatic rings. The minimum Gasteiger partial charge on any atom is -0.479 e. The third kappa shape index (κ3) is 4.46. The van der Waals surface area contributed by atoms with Crippen LogP contribution < -0.4 is 15.4 Å². The van der Waals surface area contributed by atoms with E-state index in [1.165, 1.54) is 10.4 Å². The molecule has 2 N–H and O–H groups in total. The summed E-state index contributed by atoms with van der Waals surface area (Å²) in [4.78, 5) is 24.7. The summed E-state index contributed by atoms with van der Waals surface area (Å²) >= 11 is 5.97. The number of aryl methyl sites for hydroxylation is 1. The van der Waals surface area contributed by atoms with Crippen LogP contribution in [-0.2, 0) is 19.6 Å². The molecule has 0 spiro atoms. The number of ether oxygens (including phenoxy) is 1. The number of carbonyl (C=O) groups is 2. The Bertz CT molecular complexity index is 1180. The first kappa shape index (κ1) is 22.6. The Balaban J connectivity index is 1.54. The zero-order valence-electron chi connectivity index (χ0n) is 17.7. The second-order valence-electron chi connectivity index (χ2n) is 8.06. The number of rotatable bonds is 4. The predicted octanol–water partition coefficient (Wildman–Crippen LogP) is 3.41. The average Bonchev–Trinajstić information content (AvgIpc) is 2.74. The first-order chi connectivity index (χ1) is 15.1. The summed E-state index contributed by atoms with van der Waals surface area (Å²) in [7, 11) is -3.86. The molecule has 2 heterocycles. The standard InChI is InChI=1S/C22H24ClN3O5S/c1-13-9-18-19(31-14(2)21(27)25-18)11-20(13)32(29,30)26-8-4-5-15(12-26)22(28)24-17-7-3-6-16(23)10-17/h3,6-7,9-11,14-15H,4-5,8,12H2,1-2H3,(H,24,28)(H,25,27). The average molecular weight is 478 g/mol. The predicted molar refractivity (Wildman–Crippen MR) is 121 cm³/mol. The molecule has 1 fully saturated rings. The lowest BCUT2D eigenvalue weighted by molar-refractivity contribution is -0.123. The molecule has 8 nitrogen and oxygen atoms in total. The summed E-state index contributed by atoms with van der Waals surface area (Å²) in [5, 5.41) is 6.05. The van der Waals surface area contributed by atoms with Gasteiger partial charge in [-0.25, -0.2) is 8.42 Å². The van der Waals surface area contributed by atoms with Gasteiger partial charge in [0.1, 0.15) is 5.75 Å². The molecule has 1 saturated heterocycles. The number of anilines is 2. The van der Waals surface area contributed by atoms with Crippen molar-refractivity contribution in [3.8, 4) is 5.75 Å². The minimum atomic E-state index is -3.86. The Kier molecular flexibility index (Phi) is 6.15. The van der Waals surface area contributed by atoms with Crippen LogP contribution in [0.25, 0.3) is 0 Å². The maximum atomic E-state index is 13.4. The zero-order chi connectivity index (χ0) is 23.0. The van der Waals surface area contributed by atoms with Crippen molar-refractivity contribution in [2.75, 3.05) is 23.7 Å². The molecule has 2 amide bonds. The summed E-state index contributed by atoms with van der Waals surface area (Å²) in [6, 6.07) is 9.87. The number of sulfonamides is 1. The lowest BCUT2D eigenvalue weighted by Gasteiger charge is -2.32. The number of carbonyl (C=O) groups excluding carboxylic acids is 2. The minimum absolute atomic E-state index is 0.0826. The van der Waals surface area contributed by atoms with Crippen molar-refractivity contribution in [2.45, 2.75) is 37.7 Å². The fourth-order valence-corrected chi connectivity index (χ4v) is 5.88. The lowest BCUT2D eigenvalue weighted by atomic mass is 9.99.